The Bertz CT molecular complexity index is 728. The monoisotopic (exact) mass is 237 g/mol. The highest BCUT2D eigenvalue weighted by molar-refractivity contribution is 5.94. The summed E-state index contributed by atoms with van der Waals surface area (Å²) in [4.78, 5) is 10.7. The fourth-order valence-electron chi connectivity index (χ4n) is 2.03. The van der Waals surface area contributed by atoms with Crippen molar-refractivity contribution in [2.75, 3.05) is 0 Å². The summed E-state index contributed by atoms with van der Waals surface area (Å²) in [5.41, 5.74) is 4.23. The molecule has 0 bridgehead atoms. The number of aromatic nitrogens is 1. The molecule has 0 saturated carbocycles. The van der Waals surface area contributed by atoms with Crippen molar-refractivity contribution in [1.29, 1.82) is 0 Å². The highest BCUT2D eigenvalue weighted by Crippen LogP contribution is 2.28. The lowest BCUT2D eigenvalue weighted by Crippen LogP contribution is -1.81. The number of hydrogen-bond donors (Lipinski definition) is 0. The molecule has 3 aromatic rings. The van der Waals surface area contributed by atoms with E-state index in [-0.39, 0.29) is 0 Å². The molecule has 0 radical (unpaired) electrons. The standard InChI is InChI=1S/C15H11NO2/c1-10-3-2-4-12(7-10)15-13-6-5-11(9-17)8-14(13)18-16-15/h2-9H,1H3. The molecule has 0 saturated heterocycles. The molecular weight excluding hydrogens is 226 g/mol. The maximum Gasteiger partial charge on any atom is 0.168 e. The summed E-state index contributed by atoms with van der Waals surface area (Å²) in [6.45, 7) is 2.04. The van der Waals surface area contributed by atoms with Crippen LogP contribution in [0.1, 0.15) is 15.9 Å². The van der Waals surface area contributed by atoms with Crippen LogP contribution in [0.4, 0.5) is 0 Å². The minimum Gasteiger partial charge on any atom is -0.356 e. The van der Waals surface area contributed by atoms with Gasteiger partial charge >= 0.3 is 0 Å². The molecule has 3 heteroatoms. The van der Waals surface area contributed by atoms with Crippen molar-refractivity contribution in [1.82, 2.24) is 5.16 Å². The van der Waals surface area contributed by atoms with E-state index in [1.807, 2.05) is 31.2 Å². The molecule has 3 nitrogen and oxygen atoms in total. The summed E-state index contributed by atoms with van der Waals surface area (Å²) < 4.78 is 5.28. The molecule has 2 aromatic carbocycles. The van der Waals surface area contributed by atoms with Crippen molar-refractivity contribution in [3.8, 4) is 11.3 Å². The Kier molecular flexibility index (Phi) is 2.45. The van der Waals surface area contributed by atoms with Gasteiger partial charge in [-0.2, -0.15) is 0 Å². The Morgan fingerprint density at radius 1 is 1.17 bits per heavy atom. The summed E-state index contributed by atoms with van der Waals surface area (Å²) in [7, 11) is 0. The Labute approximate surface area is 104 Å². The number of nitrogens with zero attached hydrogens (tertiary/aromatic N) is 1. The van der Waals surface area contributed by atoms with Crippen molar-refractivity contribution in [2.45, 2.75) is 6.92 Å². The Hall–Kier alpha value is -2.42. The van der Waals surface area contributed by atoms with Crippen LogP contribution in [0.2, 0.25) is 0 Å². The maximum atomic E-state index is 10.7. The SMILES string of the molecule is Cc1cccc(-c2noc3cc(C=O)ccc23)c1. The predicted molar refractivity (Wildman–Crippen MR) is 69.6 cm³/mol. The zero-order valence-electron chi connectivity index (χ0n) is 9.88. The molecule has 0 fully saturated rings. The van der Waals surface area contributed by atoms with E-state index in [1.54, 1.807) is 12.1 Å². The third-order valence-electron chi connectivity index (χ3n) is 2.92. The number of benzene rings is 2. The van der Waals surface area contributed by atoms with Crippen molar-refractivity contribution in [3.63, 3.8) is 0 Å². The molecule has 1 aromatic heterocycles. The van der Waals surface area contributed by atoms with E-state index in [9.17, 15) is 4.79 Å². The molecule has 0 amide bonds. The van der Waals surface area contributed by atoms with Crippen LogP contribution < -0.4 is 0 Å². The maximum absolute atomic E-state index is 10.7. The van der Waals surface area contributed by atoms with Crippen molar-refractivity contribution in [3.05, 3.63) is 53.6 Å². The van der Waals surface area contributed by atoms with Crippen molar-refractivity contribution in [2.24, 2.45) is 0 Å². The number of carbonyl (C=O) groups excluding carboxylic acids is 1. The topological polar surface area (TPSA) is 43.1 Å². The predicted octanol–water partition coefficient (Wildman–Crippen LogP) is 3.62. The fourth-order valence-corrected chi connectivity index (χ4v) is 2.03. The average Bonchev–Trinajstić information content (AvgIpc) is 2.81. The van der Waals surface area contributed by atoms with Crippen LogP contribution in [-0.4, -0.2) is 11.4 Å². The lowest BCUT2D eigenvalue weighted by atomic mass is 10.0. The first kappa shape index (κ1) is 10.7. The van der Waals surface area contributed by atoms with Gasteiger partial charge in [0.2, 0.25) is 0 Å². The van der Waals surface area contributed by atoms with E-state index in [4.69, 9.17) is 4.52 Å². The van der Waals surface area contributed by atoms with E-state index in [2.05, 4.69) is 11.2 Å². The van der Waals surface area contributed by atoms with E-state index in [1.165, 1.54) is 5.56 Å². The van der Waals surface area contributed by atoms with Gasteiger partial charge in [0.05, 0.1) is 0 Å². The van der Waals surface area contributed by atoms with Gasteiger partial charge in [-0.25, -0.2) is 0 Å². The number of hydrogen-bond acceptors (Lipinski definition) is 3. The van der Waals surface area contributed by atoms with Crippen molar-refractivity contribution >= 4 is 17.3 Å². The van der Waals surface area contributed by atoms with Gasteiger partial charge in [0.25, 0.3) is 0 Å². The van der Waals surface area contributed by atoms with Gasteiger partial charge in [0.1, 0.15) is 12.0 Å². The molecule has 3 rings (SSSR count). The quantitative estimate of drug-likeness (QED) is 0.639. The first-order valence-electron chi connectivity index (χ1n) is 5.69. The first-order valence-corrected chi connectivity index (χ1v) is 5.69. The summed E-state index contributed by atoms with van der Waals surface area (Å²) in [6, 6.07) is 13.4. The van der Waals surface area contributed by atoms with E-state index < -0.39 is 0 Å². The molecule has 0 unspecified atom stereocenters. The molecular formula is C15H11NO2. The molecule has 0 atom stereocenters. The molecule has 18 heavy (non-hydrogen) atoms. The molecule has 0 aliphatic rings. The second-order valence-electron chi connectivity index (χ2n) is 4.27. The number of aldehydes is 1. The number of fused-ring (bicyclic) bond motifs is 1. The highest BCUT2D eigenvalue weighted by atomic mass is 16.5. The molecule has 0 spiro atoms. The van der Waals surface area contributed by atoms with Crippen LogP contribution >= 0.6 is 0 Å². The molecule has 0 N–H and O–H groups in total. The minimum atomic E-state index is 0.592. The first-order chi connectivity index (χ1) is 8.78. The van der Waals surface area contributed by atoms with E-state index in [0.29, 0.717) is 11.1 Å². The largest absolute Gasteiger partial charge is 0.356 e. The van der Waals surface area contributed by atoms with Crippen LogP contribution in [0.3, 0.4) is 0 Å². The summed E-state index contributed by atoms with van der Waals surface area (Å²) in [5.74, 6) is 0. The lowest BCUT2D eigenvalue weighted by molar-refractivity contribution is 0.112. The van der Waals surface area contributed by atoms with Crippen LogP contribution in [0, 0.1) is 6.92 Å². The second kappa shape index (κ2) is 4.11. The minimum absolute atomic E-state index is 0.592. The Morgan fingerprint density at radius 3 is 2.83 bits per heavy atom. The molecule has 88 valence electrons. The average molecular weight is 237 g/mol. The van der Waals surface area contributed by atoms with Crippen LogP contribution in [0.15, 0.2) is 47.0 Å². The Morgan fingerprint density at radius 2 is 2.06 bits per heavy atom. The third-order valence-corrected chi connectivity index (χ3v) is 2.92. The summed E-state index contributed by atoms with van der Waals surface area (Å²) in [5, 5.41) is 5.01. The van der Waals surface area contributed by atoms with Crippen LogP contribution in [0.25, 0.3) is 22.2 Å². The zero-order valence-corrected chi connectivity index (χ0v) is 9.88. The molecule has 0 aliphatic carbocycles. The highest BCUT2D eigenvalue weighted by Gasteiger charge is 2.10. The third kappa shape index (κ3) is 1.70. The Balaban J connectivity index is 2.21. The van der Waals surface area contributed by atoms with Gasteiger partial charge in [-0.05, 0) is 25.1 Å². The normalized spacial score (nSPS) is 10.7. The molecule has 0 aliphatic heterocycles. The van der Waals surface area contributed by atoms with Gasteiger partial charge in [0, 0.05) is 16.5 Å². The number of carbonyl (C=O) groups is 1. The van der Waals surface area contributed by atoms with E-state index in [0.717, 1.165) is 22.9 Å². The number of aryl methyl sites for hydroxylation is 1. The van der Waals surface area contributed by atoms with Crippen LogP contribution in [-0.2, 0) is 0 Å². The smallest absolute Gasteiger partial charge is 0.168 e. The van der Waals surface area contributed by atoms with Crippen molar-refractivity contribution < 1.29 is 9.32 Å². The zero-order chi connectivity index (χ0) is 12.5. The number of rotatable bonds is 2. The van der Waals surface area contributed by atoms with Gasteiger partial charge in [-0.3, -0.25) is 4.79 Å². The molecule has 1 heterocycles. The van der Waals surface area contributed by atoms with Gasteiger partial charge in [0.15, 0.2) is 5.58 Å². The van der Waals surface area contributed by atoms with Gasteiger partial charge < -0.3 is 4.52 Å². The second-order valence-corrected chi connectivity index (χ2v) is 4.27. The summed E-state index contributed by atoms with van der Waals surface area (Å²) in [6.07, 6.45) is 0.800. The van der Waals surface area contributed by atoms with E-state index >= 15 is 0 Å². The van der Waals surface area contributed by atoms with Gasteiger partial charge in [-0.1, -0.05) is 35.0 Å². The van der Waals surface area contributed by atoms with Crippen LogP contribution in [0.5, 0.6) is 0 Å². The lowest BCUT2D eigenvalue weighted by Gasteiger charge is -1.98. The summed E-state index contributed by atoms with van der Waals surface area (Å²) >= 11 is 0. The fraction of sp³-hybridized carbons (Fsp3) is 0.0667. The van der Waals surface area contributed by atoms with Gasteiger partial charge in [-0.15, -0.1) is 0 Å².